The minimum absolute atomic E-state index is 0.0523. The van der Waals surface area contributed by atoms with Crippen molar-refractivity contribution in [1.29, 1.82) is 5.26 Å². The number of hydrogen-bond donors (Lipinski definition) is 1. The van der Waals surface area contributed by atoms with Crippen LogP contribution in [0.5, 0.6) is 0 Å². The van der Waals surface area contributed by atoms with E-state index in [-0.39, 0.29) is 5.92 Å². The maximum Gasteiger partial charge on any atom is 0.0736 e. The molecule has 0 heterocycles. The molecule has 0 spiro atoms. The van der Waals surface area contributed by atoms with Gasteiger partial charge in [-0.15, -0.1) is 0 Å². The first-order chi connectivity index (χ1) is 6.15. The van der Waals surface area contributed by atoms with Gasteiger partial charge in [0.05, 0.1) is 12.0 Å². The predicted molar refractivity (Wildman–Crippen MR) is 54.0 cm³/mol. The zero-order valence-electron chi connectivity index (χ0n) is 7.99. The van der Waals surface area contributed by atoms with Crippen LogP contribution in [-0.4, -0.2) is 0 Å². The smallest absolute Gasteiger partial charge is 0.0736 e. The summed E-state index contributed by atoms with van der Waals surface area (Å²) in [7, 11) is 0. The number of rotatable bonds is 2. The first kappa shape index (κ1) is 9.60. The topological polar surface area (TPSA) is 49.8 Å². The van der Waals surface area contributed by atoms with Gasteiger partial charge in [0.1, 0.15) is 0 Å². The molecule has 1 rings (SSSR count). The Bertz CT molecular complexity index is 323. The van der Waals surface area contributed by atoms with Gasteiger partial charge in [-0.25, -0.2) is 0 Å². The van der Waals surface area contributed by atoms with E-state index in [0.717, 1.165) is 11.3 Å². The van der Waals surface area contributed by atoms with E-state index >= 15 is 0 Å². The van der Waals surface area contributed by atoms with Crippen LogP contribution >= 0.6 is 0 Å². The summed E-state index contributed by atoms with van der Waals surface area (Å²) in [6.45, 7) is 4.08. The van der Waals surface area contributed by atoms with Crippen molar-refractivity contribution in [3.63, 3.8) is 0 Å². The van der Waals surface area contributed by atoms with Gasteiger partial charge in [0, 0.05) is 5.69 Å². The molecule has 0 aliphatic heterocycles. The van der Waals surface area contributed by atoms with E-state index in [9.17, 15) is 0 Å². The highest BCUT2D eigenvalue weighted by atomic mass is 14.5. The van der Waals surface area contributed by atoms with Crippen LogP contribution in [-0.2, 0) is 0 Å². The van der Waals surface area contributed by atoms with E-state index in [0.29, 0.717) is 5.92 Å². The summed E-state index contributed by atoms with van der Waals surface area (Å²) in [5.74, 6) is 0.273. The van der Waals surface area contributed by atoms with Gasteiger partial charge in [0.2, 0.25) is 0 Å². The van der Waals surface area contributed by atoms with Crippen LogP contribution in [0.3, 0.4) is 0 Å². The molecule has 0 aromatic heterocycles. The molecule has 0 aliphatic rings. The molecular formula is C11H14N2. The standard InChI is InChI=1S/C11H14N2/c1-8(2)11(7-12)9-4-3-5-10(13)6-9/h3-6,8,11H,13H2,1-2H3. The van der Waals surface area contributed by atoms with Gasteiger partial charge in [0.15, 0.2) is 0 Å². The van der Waals surface area contributed by atoms with Crippen molar-refractivity contribution in [1.82, 2.24) is 0 Å². The second-order valence-corrected chi connectivity index (χ2v) is 3.52. The van der Waals surface area contributed by atoms with E-state index in [1.54, 1.807) is 0 Å². The summed E-state index contributed by atoms with van der Waals surface area (Å²) >= 11 is 0. The van der Waals surface area contributed by atoms with Gasteiger partial charge in [-0.2, -0.15) is 5.26 Å². The Labute approximate surface area is 79.0 Å². The molecule has 13 heavy (non-hydrogen) atoms. The van der Waals surface area contributed by atoms with Crippen molar-refractivity contribution in [2.24, 2.45) is 5.92 Å². The molecule has 0 amide bonds. The van der Waals surface area contributed by atoms with Gasteiger partial charge in [-0.05, 0) is 23.6 Å². The van der Waals surface area contributed by atoms with Crippen molar-refractivity contribution < 1.29 is 0 Å². The molecule has 0 aliphatic carbocycles. The van der Waals surface area contributed by atoms with Crippen molar-refractivity contribution >= 4 is 5.69 Å². The normalized spacial score (nSPS) is 12.5. The Hall–Kier alpha value is -1.49. The van der Waals surface area contributed by atoms with Crippen LogP contribution in [0, 0.1) is 17.2 Å². The largest absolute Gasteiger partial charge is 0.399 e. The van der Waals surface area contributed by atoms with Gasteiger partial charge < -0.3 is 5.73 Å². The number of nitriles is 1. The van der Waals surface area contributed by atoms with E-state index in [1.807, 2.05) is 38.1 Å². The van der Waals surface area contributed by atoms with E-state index in [2.05, 4.69) is 6.07 Å². The zero-order valence-corrected chi connectivity index (χ0v) is 7.99. The Balaban J connectivity index is 3.00. The molecule has 2 heteroatoms. The van der Waals surface area contributed by atoms with Crippen LogP contribution < -0.4 is 5.73 Å². The SMILES string of the molecule is CC(C)C(C#N)c1cccc(N)c1. The van der Waals surface area contributed by atoms with Crippen LogP contribution in [0.15, 0.2) is 24.3 Å². The van der Waals surface area contributed by atoms with Crippen molar-refractivity contribution in [3.05, 3.63) is 29.8 Å². The molecule has 68 valence electrons. The monoisotopic (exact) mass is 174 g/mol. The number of anilines is 1. The molecule has 0 radical (unpaired) electrons. The molecule has 1 aromatic carbocycles. The number of nitrogens with zero attached hydrogens (tertiary/aromatic N) is 1. The Kier molecular flexibility index (Phi) is 2.92. The average molecular weight is 174 g/mol. The fraction of sp³-hybridized carbons (Fsp3) is 0.364. The van der Waals surface area contributed by atoms with Crippen molar-refractivity contribution in [3.8, 4) is 6.07 Å². The molecule has 1 aromatic rings. The summed E-state index contributed by atoms with van der Waals surface area (Å²) < 4.78 is 0. The van der Waals surface area contributed by atoms with Gasteiger partial charge in [0.25, 0.3) is 0 Å². The molecule has 1 atom stereocenters. The summed E-state index contributed by atoms with van der Waals surface area (Å²) in [6.07, 6.45) is 0. The first-order valence-electron chi connectivity index (χ1n) is 4.40. The lowest BCUT2D eigenvalue weighted by molar-refractivity contribution is 0.587. The third-order valence-electron chi connectivity index (χ3n) is 2.08. The van der Waals surface area contributed by atoms with Gasteiger partial charge in [-0.1, -0.05) is 26.0 Å². The average Bonchev–Trinajstić information content (AvgIpc) is 2.04. The minimum atomic E-state index is -0.0523. The molecule has 2 nitrogen and oxygen atoms in total. The molecule has 0 fully saturated rings. The quantitative estimate of drug-likeness (QED) is 0.700. The fourth-order valence-corrected chi connectivity index (χ4v) is 1.36. The zero-order chi connectivity index (χ0) is 9.84. The number of nitrogen functional groups attached to an aromatic ring is 1. The lowest BCUT2D eigenvalue weighted by Gasteiger charge is -2.13. The minimum Gasteiger partial charge on any atom is -0.399 e. The van der Waals surface area contributed by atoms with Crippen LogP contribution in [0.4, 0.5) is 5.69 Å². The van der Waals surface area contributed by atoms with E-state index in [4.69, 9.17) is 11.0 Å². The van der Waals surface area contributed by atoms with Gasteiger partial charge in [-0.3, -0.25) is 0 Å². The highest BCUT2D eigenvalue weighted by Crippen LogP contribution is 2.24. The summed E-state index contributed by atoms with van der Waals surface area (Å²) in [6, 6.07) is 9.82. The van der Waals surface area contributed by atoms with Crippen LogP contribution in [0.2, 0.25) is 0 Å². The third kappa shape index (κ3) is 2.22. The number of nitrogens with two attached hydrogens (primary N) is 1. The molecule has 0 saturated heterocycles. The lowest BCUT2D eigenvalue weighted by Crippen LogP contribution is -2.04. The van der Waals surface area contributed by atoms with Crippen molar-refractivity contribution in [2.75, 3.05) is 5.73 Å². The number of benzene rings is 1. The molecule has 2 N–H and O–H groups in total. The highest BCUT2D eigenvalue weighted by molar-refractivity contribution is 5.43. The summed E-state index contributed by atoms with van der Waals surface area (Å²) in [4.78, 5) is 0. The van der Waals surface area contributed by atoms with Gasteiger partial charge >= 0.3 is 0 Å². The Morgan fingerprint density at radius 2 is 2.08 bits per heavy atom. The maximum absolute atomic E-state index is 8.95. The molecule has 0 saturated carbocycles. The summed E-state index contributed by atoms with van der Waals surface area (Å²) in [5.41, 5.74) is 7.37. The Morgan fingerprint density at radius 3 is 2.54 bits per heavy atom. The van der Waals surface area contributed by atoms with Crippen LogP contribution in [0.1, 0.15) is 25.3 Å². The Morgan fingerprint density at radius 1 is 1.38 bits per heavy atom. The third-order valence-corrected chi connectivity index (χ3v) is 2.08. The molecular weight excluding hydrogens is 160 g/mol. The molecule has 0 bridgehead atoms. The second-order valence-electron chi connectivity index (χ2n) is 3.52. The maximum atomic E-state index is 8.95. The fourth-order valence-electron chi connectivity index (χ4n) is 1.36. The predicted octanol–water partition coefficient (Wildman–Crippen LogP) is 2.53. The van der Waals surface area contributed by atoms with E-state index in [1.165, 1.54) is 0 Å². The van der Waals surface area contributed by atoms with Crippen molar-refractivity contribution in [2.45, 2.75) is 19.8 Å². The molecule has 1 unspecified atom stereocenters. The lowest BCUT2D eigenvalue weighted by atomic mass is 9.90. The second kappa shape index (κ2) is 3.95. The summed E-state index contributed by atoms with van der Waals surface area (Å²) in [5, 5.41) is 8.95. The first-order valence-corrected chi connectivity index (χ1v) is 4.40. The number of hydrogen-bond acceptors (Lipinski definition) is 2. The highest BCUT2D eigenvalue weighted by Gasteiger charge is 2.14. The van der Waals surface area contributed by atoms with Crippen LogP contribution in [0.25, 0.3) is 0 Å². The van der Waals surface area contributed by atoms with E-state index < -0.39 is 0 Å².